The van der Waals surface area contributed by atoms with Crippen LogP contribution in [-0.4, -0.2) is 27.3 Å². The molecule has 0 aliphatic heterocycles. The Morgan fingerprint density at radius 3 is 2.85 bits per heavy atom. The van der Waals surface area contributed by atoms with Gasteiger partial charge in [0.05, 0.1) is 6.61 Å². The molecule has 20 heavy (non-hydrogen) atoms. The van der Waals surface area contributed by atoms with Crippen molar-refractivity contribution in [1.82, 2.24) is 14.8 Å². The molecule has 106 valence electrons. The van der Waals surface area contributed by atoms with Gasteiger partial charge in [0.25, 0.3) is 5.82 Å². The van der Waals surface area contributed by atoms with E-state index in [9.17, 15) is 4.79 Å². The number of aryl methyl sites for hydroxylation is 4. The maximum Gasteiger partial charge on any atom is 0.378 e. The molecule has 0 atom stereocenters. The second-order valence-corrected chi connectivity index (χ2v) is 4.68. The third-order valence-corrected chi connectivity index (χ3v) is 3.03. The molecule has 0 spiro atoms. The smallest absolute Gasteiger partial charge is 0.378 e. The second kappa shape index (κ2) is 6.32. The van der Waals surface area contributed by atoms with E-state index < -0.39 is 5.97 Å². The first-order chi connectivity index (χ1) is 9.60. The molecule has 0 fully saturated rings. The predicted molar refractivity (Wildman–Crippen MR) is 75.5 cm³/mol. The number of nitrogens with zero attached hydrogens (tertiary/aromatic N) is 3. The Balaban J connectivity index is 2.05. The van der Waals surface area contributed by atoms with Gasteiger partial charge in [-0.05, 0) is 25.8 Å². The van der Waals surface area contributed by atoms with Crippen molar-refractivity contribution in [3.8, 4) is 0 Å². The van der Waals surface area contributed by atoms with Crippen LogP contribution in [0.25, 0.3) is 0 Å². The monoisotopic (exact) mass is 273 g/mol. The summed E-state index contributed by atoms with van der Waals surface area (Å²) >= 11 is 0. The van der Waals surface area contributed by atoms with Crippen LogP contribution in [0, 0.1) is 6.92 Å². The SMILES string of the molecule is CCOC(=O)c1nc(CCc2cccc(C)c2)n(C)n1. The molecule has 0 unspecified atom stereocenters. The molecule has 5 nitrogen and oxygen atoms in total. The van der Waals surface area contributed by atoms with Gasteiger partial charge in [-0.3, -0.25) is 4.68 Å². The van der Waals surface area contributed by atoms with Crippen LogP contribution >= 0.6 is 0 Å². The van der Waals surface area contributed by atoms with Gasteiger partial charge in [-0.25, -0.2) is 9.78 Å². The van der Waals surface area contributed by atoms with Crippen molar-refractivity contribution < 1.29 is 9.53 Å². The zero-order valence-electron chi connectivity index (χ0n) is 12.1. The van der Waals surface area contributed by atoms with Gasteiger partial charge in [0, 0.05) is 13.5 Å². The van der Waals surface area contributed by atoms with Crippen LogP contribution in [0.1, 0.15) is 34.5 Å². The number of hydrogen-bond acceptors (Lipinski definition) is 4. The molecule has 1 heterocycles. The quantitative estimate of drug-likeness (QED) is 0.783. The van der Waals surface area contributed by atoms with Crippen LogP contribution in [-0.2, 0) is 24.6 Å². The van der Waals surface area contributed by atoms with Gasteiger partial charge >= 0.3 is 5.97 Å². The van der Waals surface area contributed by atoms with Crippen LogP contribution in [0.3, 0.4) is 0 Å². The van der Waals surface area contributed by atoms with Crippen molar-refractivity contribution in [1.29, 1.82) is 0 Å². The molecule has 2 aromatic rings. The Hall–Kier alpha value is -2.17. The third kappa shape index (κ3) is 3.44. The number of aromatic nitrogens is 3. The highest BCUT2D eigenvalue weighted by atomic mass is 16.5. The summed E-state index contributed by atoms with van der Waals surface area (Å²) < 4.78 is 6.54. The van der Waals surface area contributed by atoms with Crippen LogP contribution < -0.4 is 0 Å². The van der Waals surface area contributed by atoms with E-state index in [-0.39, 0.29) is 5.82 Å². The lowest BCUT2D eigenvalue weighted by Crippen LogP contribution is -2.07. The van der Waals surface area contributed by atoms with Crippen molar-refractivity contribution in [2.24, 2.45) is 7.05 Å². The van der Waals surface area contributed by atoms with Gasteiger partial charge in [-0.2, -0.15) is 0 Å². The molecule has 0 saturated heterocycles. The molecule has 0 radical (unpaired) electrons. The fourth-order valence-electron chi connectivity index (χ4n) is 2.04. The van der Waals surface area contributed by atoms with Crippen molar-refractivity contribution in [2.75, 3.05) is 6.61 Å². The summed E-state index contributed by atoms with van der Waals surface area (Å²) in [4.78, 5) is 15.8. The van der Waals surface area contributed by atoms with Crippen LogP contribution in [0.2, 0.25) is 0 Å². The fraction of sp³-hybridized carbons (Fsp3) is 0.400. The summed E-state index contributed by atoms with van der Waals surface area (Å²) in [6, 6.07) is 8.37. The van der Waals surface area contributed by atoms with Gasteiger partial charge < -0.3 is 4.74 Å². The lowest BCUT2D eigenvalue weighted by molar-refractivity contribution is 0.0512. The van der Waals surface area contributed by atoms with Crippen molar-refractivity contribution >= 4 is 5.97 Å². The van der Waals surface area contributed by atoms with Crippen LogP contribution in [0.5, 0.6) is 0 Å². The zero-order chi connectivity index (χ0) is 14.5. The molecule has 0 amide bonds. The van der Waals surface area contributed by atoms with Gasteiger partial charge in [-0.15, -0.1) is 5.10 Å². The minimum atomic E-state index is -0.468. The normalized spacial score (nSPS) is 10.6. The standard InChI is InChI=1S/C15H19N3O2/c1-4-20-15(19)14-16-13(18(3)17-14)9-8-12-7-5-6-11(2)10-12/h5-7,10H,4,8-9H2,1-3H3. The minimum absolute atomic E-state index is 0.133. The van der Waals surface area contributed by atoms with Gasteiger partial charge in [0.15, 0.2) is 0 Å². The molecule has 0 saturated carbocycles. The summed E-state index contributed by atoms with van der Waals surface area (Å²) in [6.07, 6.45) is 1.61. The Morgan fingerprint density at radius 1 is 1.35 bits per heavy atom. The largest absolute Gasteiger partial charge is 0.460 e. The average Bonchev–Trinajstić information content (AvgIpc) is 2.78. The van der Waals surface area contributed by atoms with E-state index in [0.717, 1.165) is 18.7 Å². The molecule has 2 rings (SSSR count). The van der Waals surface area contributed by atoms with E-state index in [2.05, 4.69) is 35.2 Å². The van der Waals surface area contributed by atoms with Crippen LogP contribution in [0.15, 0.2) is 24.3 Å². The number of carbonyl (C=O) groups is 1. The zero-order valence-corrected chi connectivity index (χ0v) is 12.1. The van der Waals surface area contributed by atoms with Crippen LogP contribution in [0.4, 0.5) is 0 Å². The number of rotatable bonds is 5. The highest BCUT2D eigenvalue weighted by molar-refractivity contribution is 5.84. The van der Waals surface area contributed by atoms with E-state index in [1.807, 2.05) is 6.07 Å². The maximum absolute atomic E-state index is 11.6. The number of hydrogen-bond donors (Lipinski definition) is 0. The maximum atomic E-state index is 11.6. The Bertz CT molecular complexity index is 605. The summed E-state index contributed by atoms with van der Waals surface area (Å²) in [5.41, 5.74) is 2.50. The summed E-state index contributed by atoms with van der Waals surface area (Å²) in [7, 11) is 1.79. The first kappa shape index (κ1) is 14.2. The molecule has 5 heteroatoms. The highest BCUT2D eigenvalue weighted by Gasteiger charge is 2.15. The predicted octanol–water partition coefficient (Wildman–Crippen LogP) is 2.09. The summed E-state index contributed by atoms with van der Waals surface area (Å²) in [5.74, 6) is 0.452. The van der Waals surface area contributed by atoms with Crippen molar-refractivity contribution in [3.05, 3.63) is 47.0 Å². The number of ether oxygens (including phenoxy) is 1. The molecule has 0 aliphatic rings. The molecule has 0 N–H and O–H groups in total. The summed E-state index contributed by atoms with van der Waals surface area (Å²) in [5, 5.41) is 4.09. The highest BCUT2D eigenvalue weighted by Crippen LogP contribution is 2.08. The molecular weight excluding hydrogens is 254 g/mol. The van der Waals surface area contributed by atoms with E-state index in [0.29, 0.717) is 6.61 Å². The number of esters is 1. The number of benzene rings is 1. The Labute approximate surface area is 118 Å². The van der Waals surface area contributed by atoms with E-state index >= 15 is 0 Å². The Morgan fingerprint density at radius 2 is 2.15 bits per heavy atom. The first-order valence-corrected chi connectivity index (χ1v) is 6.72. The lowest BCUT2D eigenvalue weighted by atomic mass is 10.1. The van der Waals surface area contributed by atoms with Crippen molar-refractivity contribution in [2.45, 2.75) is 26.7 Å². The minimum Gasteiger partial charge on any atom is -0.460 e. The Kier molecular flexibility index (Phi) is 4.50. The number of carbonyl (C=O) groups excluding carboxylic acids is 1. The second-order valence-electron chi connectivity index (χ2n) is 4.68. The van der Waals surface area contributed by atoms with Gasteiger partial charge in [0.2, 0.25) is 0 Å². The molecule has 0 aliphatic carbocycles. The van der Waals surface area contributed by atoms with E-state index in [1.165, 1.54) is 11.1 Å². The summed E-state index contributed by atoms with van der Waals surface area (Å²) in [6.45, 7) is 4.17. The fourth-order valence-corrected chi connectivity index (χ4v) is 2.04. The molecule has 0 bridgehead atoms. The van der Waals surface area contributed by atoms with E-state index in [4.69, 9.17) is 4.74 Å². The average molecular weight is 273 g/mol. The lowest BCUT2D eigenvalue weighted by Gasteiger charge is -2.02. The first-order valence-electron chi connectivity index (χ1n) is 6.72. The van der Waals surface area contributed by atoms with E-state index in [1.54, 1.807) is 18.7 Å². The van der Waals surface area contributed by atoms with Crippen molar-refractivity contribution in [3.63, 3.8) is 0 Å². The topological polar surface area (TPSA) is 57.0 Å². The molecule has 1 aromatic heterocycles. The third-order valence-electron chi connectivity index (χ3n) is 3.03. The molecule has 1 aromatic carbocycles. The van der Waals surface area contributed by atoms with Gasteiger partial charge in [0.1, 0.15) is 5.82 Å². The van der Waals surface area contributed by atoms with Gasteiger partial charge in [-0.1, -0.05) is 29.8 Å². The molecular formula is C15H19N3O2.